The Morgan fingerprint density at radius 3 is 2.14 bits per heavy atom. The number of nitrogens with one attached hydrogen (secondary N) is 1. The summed E-state index contributed by atoms with van der Waals surface area (Å²) >= 11 is 0. The highest BCUT2D eigenvalue weighted by Gasteiger charge is 2.26. The summed E-state index contributed by atoms with van der Waals surface area (Å²) in [4.78, 5) is 12.9. The van der Waals surface area contributed by atoms with Crippen molar-refractivity contribution in [1.29, 1.82) is 0 Å². The second-order valence-corrected chi connectivity index (χ2v) is 9.90. The Labute approximate surface area is 205 Å². The first kappa shape index (κ1) is 24.7. The number of benzene rings is 3. The van der Waals surface area contributed by atoms with Gasteiger partial charge in [0.15, 0.2) is 6.61 Å². The molecule has 3 aromatic rings. The van der Waals surface area contributed by atoms with Crippen LogP contribution in [-0.2, 0) is 19.6 Å². The van der Waals surface area contributed by atoms with E-state index in [0.29, 0.717) is 32.1 Å². The number of amides is 1. The summed E-state index contributed by atoms with van der Waals surface area (Å²) in [5, 5.41) is 3.02. The summed E-state index contributed by atoms with van der Waals surface area (Å²) in [7, 11) is -1.98. The van der Waals surface area contributed by atoms with Crippen molar-refractivity contribution in [3.8, 4) is 11.5 Å². The van der Waals surface area contributed by atoms with Crippen LogP contribution in [0.4, 0.5) is 0 Å². The summed E-state index contributed by atoms with van der Waals surface area (Å²) in [6.45, 7) is 1.22. The quantitative estimate of drug-likeness (QED) is 0.490. The van der Waals surface area contributed by atoms with Gasteiger partial charge in [0.05, 0.1) is 31.3 Å². The highest BCUT2D eigenvalue weighted by Crippen LogP contribution is 2.24. The van der Waals surface area contributed by atoms with Crippen LogP contribution in [0.25, 0.3) is 0 Å². The van der Waals surface area contributed by atoms with E-state index in [1.54, 1.807) is 19.2 Å². The van der Waals surface area contributed by atoms with Gasteiger partial charge in [0.2, 0.25) is 10.0 Å². The van der Waals surface area contributed by atoms with Gasteiger partial charge >= 0.3 is 0 Å². The minimum absolute atomic E-state index is 0.180. The second-order valence-electron chi connectivity index (χ2n) is 7.96. The Bertz CT molecular complexity index is 1210. The van der Waals surface area contributed by atoms with Crippen LogP contribution < -0.4 is 14.8 Å². The van der Waals surface area contributed by atoms with Crippen molar-refractivity contribution in [2.75, 3.05) is 40.0 Å². The Hall–Kier alpha value is -3.40. The second kappa shape index (κ2) is 11.4. The number of ether oxygens (including phenoxy) is 3. The first-order valence-electron chi connectivity index (χ1n) is 11.3. The number of hydrogen-bond donors (Lipinski definition) is 1. The van der Waals surface area contributed by atoms with E-state index in [0.717, 1.165) is 16.9 Å². The third-order valence-electron chi connectivity index (χ3n) is 5.69. The molecule has 0 aromatic heterocycles. The third-order valence-corrected chi connectivity index (χ3v) is 7.60. The zero-order valence-electron chi connectivity index (χ0n) is 19.4. The predicted molar refractivity (Wildman–Crippen MR) is 131 cm³/mol. The molecular formula is C26H28N2O6S. The zero-order valence-corrected chi connectivity index (χ0v) is 20.2. The van der Waals surface area contributed by atoms with Gasteiger partial charge in [0, 0.05) is 13.1 Å². The SMILES string of the molecule is COc1ccc([C@H](NC(=O)COc2ccc(S(=O)(=O)N3CCOCC3)cc2)c2ccccc2)cc1. The molecule has 0 spiro atoms. The molecule has 1 amide bonds. The van der Waals surface area contributed by atoms with Crippen molar-refractivity contribution in [2.24, 2.45) is 0 Å². The standard InChI is InChI=1S/C26H28N2O6S/c1-32-22-9-7-21(8-10-22)26(20-5-3-2-4-6-20)27-25(29)19-34-23-11-13-24(14-12-23)35(30,31)28-15-17-33-18-16-28/h2-14,26H,15-19H2,1H3,(H,27,29)/t26-/m1/s1. The van der Waals surface area contributed by atoms with Crippen LogP contribution in [-0.4, -0.2) is 58.7 Å². The molecule has 184 valence electrons. The molecule has 1 N–H and O–H groups in total. The van der Waals surface area contributed by atoms with Gasteiger partial charge in [-0.05, 0) is 47.5 Å². The van der Waals surface area contributed by atoms with Gasteiger partial charge in [-0.3, -0.25) is 4.79 Å². The van der Waals surface area contributed by atoms with Gasteiger partial charge in [0.1, 0.15) is 11.5 Å². The molecule has 1 heterocycles. The molecular weight excluding hydrogens is 468 g/mol. The van der Waals surface area contributed by atoms with Crippen LogP contribution in [0.1, 0.15) is 17.2 Å². The van der Waals surface area contributed by atoms with Crippen LogP contribution in [0.3, 0.4) is 0 Å². The Morgan fingerprint density at radius 2 is 1.51 bits per heavy atom. The normalized spacial score (nSPS) is 15.2. The molecule has 0 radical (unpaired) electrons. The first-order valence-corrected chi connectivity index (χ1v) is 12.7. The van der Waals surface area contributed by atoms with E-state index in [9.17, 15) is 13.2 Å². The summed E-state index contributed by atoms with van der Waals surface area (Å²) in [6.07, 6.45) is 0. The molecule has 0 saturated carbocycles. The minimum atomic E-state index is -3.58. The van der Waals surface area contributed by atoms with Gasteiger partial charge in [0.25, 0.3) is 5.91 Å². The summed E-state index contributed by atoms with van der Waals surface area (Å²) in [6, 6.07) is 22.9. The number of carbonyl (C=O) groups is 1. The molecule has 9 heteroatoms. The smallest absolute Gasteiger partial charge is 0.258 e. The van der Waals surface area contributed by atoms with E-state index in [1.807, 2.05) is 54.6 Å². The number of rotatable bonds is 9. The van der Waals surface area contributed by atoms with Gasteiger partial charge < -0.3 is 19.5 Å². The fourth-order valence-electron chi connectivity index (χ4n) is 3.80. The van der Waals surface area contributed by atoms with Crippen LogP contribution in [0, 0.1) is 0 Å². The predicted octanol–water partition coefficient (Wildman–Crippen LogP) is 3.00. The molecule has 1 saturated heterocycles. The van der Waals surface area contributed by atoms with Crippen molar-refractivity contribution in [1.82, 2.24) is 9.62 Å². The molecule has 3 aromatic carbocycles. The maximum atomic E-state index is 12.8. The molecule has 0 bridgehead atoms. The fraction of sp³-hybridized carbons (Fsp3) is 0.269. The maximum Gasteiger partial charge on any atom is 0.258 e. The topological polar surface area (TPSA) is 94.2 Å². The van der Waals surface area contributed by atoms with Crippen molar-refractivity contribution in [3.63, 3.8) is 0 Å². The monoisotopic (exact) mass is 496 g/mol. The highest BCUT2D eigenvalue weighted by atomic mass is 32.2. The lowest BCUT2D eigenvalue weighted by atomic mass is 9.98. The van der Waals surface area contributed by atoms with E-state index in [4.69, 9.17) is 14.2 Å². The molecule has 1 aliphatic rings. The Balaban J connectivity index is 1.40. The number of sulfonamides is 1. The van der Waals surface area contributed by atoms with Crippen LogP contribution in [0.15, 0.2) is 83.8 Å². The van der Waals surface area contributed by atoms with Crippen molar-refractivity contribution in [3.05, 3.63) is 90.0 Å². The fourth-order valence-corrected chi connectivity index (χ4v) is 5.20. The lowest BCUT2D eigenvalue weighted by Gasteiger charge is -2.26. The average Bonchev–Trinajstić information content (AvgIpc) is 2.92. The largest absolute Gasteiger partial charge is 0.497 e. The summed E-state index contributed by atoms with van der Waals surface area (Å²) < 4.78 is 43.0. The van der Waals surface area contributed by atoms with Gasteiger partial charge in [-0.1, -0.05) is 42.5 Å². The van der Waals surface area contributed by atoms with Crippen molar-refractivity contribution < 1.29 is 27.4 Å². The van der Waals surface area contributed by atoms with Crippen LogP contribution in [0.5, 0.6) is 11.5 Å². The van der Waals surface area contributed by atoms with Crippen LogP contribution in [0.2, 0.25) is 0 Å². The minimum Gasteiger partial charge on any atom is -0.497 e. The number of hydrogen-bond acceptors (Lipinski definition) is 6. The highest BCUT2D eigenvalue weighted by molar-refractivity contribution is 7.89. The van der Waals surface area contributed by atoms with Gasteiger partial charge in [-0.2, -0.15) is 4.31 Å². The van der Waals surface area contributed by atoms with E-state index in [1.165, 1.54) is 16.4 Å². The lowest BCUT2D eigenvalue weighted by Crippen LogP contribution is -2.40. The van der Waals surface area contributed by atoms with Gasteiger partial charge in [-0.15, -0.1) is 0 Å². The average molecular weight is 497 g/mol. The van der Waals surface area contributed by atoms with E-state index in [2.05, 4.69) is 5.32 Å². The molecule has 35 heavy (non-hydrogen) atoms. The first-order chi connectivity index (χ1) is 17.0. The molecule has 8 nitrogen and oxygen atoms in total. The molecule has 0 unspecified atom stereocenters. The van der Waals surface area contributed by atoms with Crippen molar-refractivity contribution in [2.45, 2.75) is 10.9 Å². The molecule has 1 aliphatic heterocycles. The van der Waals surface area contributed by atoms with Crippen LogP contribution >= 0.6 is 0 Å². The zero-order chi connectivity index (χ0) is 24.7. The number of methoxy groups -OCH3 is 1. The number of morpholine rings is 1. The Kier molecular flexibility index (Phi) is 8.02. The summed E-state index contributed by atoms with van der Waals surface area (Å²) in [5.74, 6) is 0.829. The molecule has 1 atom stereocenters. The summed E-state index contributed by atoms with van der Waals surface area (Å²) in [5.41, 5.74) is 1.84. The maximum absolute atomic E-state index is 12.8. The molecule has 1 fully saturated rings. The van der Waals surface area contributed by atoms with Gasteiger partial charge in [-0.25, -0.2) is 8.42 Å². The van der Waals surface area contributed by atoms with E-state index >= 15 is 0 Å². The van der Waals surface area contributed by atoms with E-state index in [-0.39, 0.29) is 23.5 Å². The number of carbonyl (C=O) groups excluding carboxylic acids is 1. The lowest BCUT2D eigenvalue weighted by molar-refractivity contribution is -0.123. The molecule has 4 rings (SSSR count). The van der Waals surface area contributed by atoms with E-state index < -0.39 is 10.0 Å². The Morgan fingerprint density at radius 1 is 0.914 bits per heavy atom. The van der Waals surface area contributed by atoms with Crippen molar-refractivity contribution >= 4 is 15.9 Å². The third kappa shape index (κ3) is 6.19. The molecule has 0 aliphatic carbocycles. The number of nitrogens with zero attached hydrogens (tertiary/aromatic N) is 1.